The number of hydrogen-bond donors (Lipinski definition) is 1. The van der Waals surface area contributed by atoms with E-state index in [1.807, 2.05) is 27.7 Å². The first kappa shape index (κ1) is 16.1. The van der Waals surface area contributed by atoms with Crippen LogP contribution >= 0.6 is 0 Å². The molecule has 2 fully saturated rings. The van der Waals surface area contributed by atoms with Crippen molar-refractivity contribution in [2.24, 2.45) is 11.3 Å². The van der Waals surface area contributed by atoms with E-state index in [0.717, 1.165) is 13.0 Å². The van der Waals surface area contributed by atoms with Gasteiger partial charge in [0.15, 0.2) is 0 Å². The van der Waals surface area contributed by atoms with Crippen LogP contribution in [0, 0.1) is 11.3 Å². The zero-order chi connectivity index (χ0) is 15.7. The predicted octanol–water partition coefficient (Wildman–Crippen LogP) is 1.40. The van der Waals surface area contributed by atoms with E-state index in [4.69, 9.17) is 9.47 Å². The average Bonchev–Trinajstić information content (AvgIpc) is 2.96. The Balaban J connectivity index is 2.02. The molecule has 1 N–H and O–H groups in total. The monoisotopic (exact) mass is 298 g/mol. The van der Waals surface area contributed by atoms with Crippen LogP contribution in [-0.4, -0.2) is 55.3 Å². The molecule has 2 heterocycles. The Morgan fingerprint density at radius 1 is 1.38 bits per heavy atom. The lowest BCUT2D eigenvalue weighted by Crippen LogP contribution is -2.41. The molecule has 120 valence electrons. The molecule has 1 spiro atoms. The first-order chi connectivity index (χ1) is 9.77. The second-order valence-electron chi connectivity index (χ2n) is 6.95. The highest BCUT2D eigenvalue weighted by Crippen LogP contribution is 2.41. The van der Waals surface area contributed by atoms with Crippen molar-refractivity contribution < 1.29 is 19.1 Å². The minimum atomic E-state index is -0.499. The van der Waals surface area contributed by atoms with Gasteiger partial charge in [-0.15, -0.1) is 0 Å². The fraction of sp³-hybridized carbons (Fsp3) is 0.867. The molecular weight excluding hydrogens is 272 g/mol. The number of carbonyl (C=O) groups is 2. The summed E-state index contributed by atoms with van der Waals surface area (Å²) >= 11 is 0. The van der Waals surface area contributed by atoms with Gasteiger partial charge in [0.05, 0.1) is 12.5 Å². The maximum atomic E-state index is 12.2. The summed E-state index contributed by atoms with van der Waals surface area (Å²) in [5.74, 6) is -0.335. The number of hydrogen-bond acceptors (Lipinski definition) is 5. The Hall–Kier alpha value is -1.30. The molecule has 0 saturated carbocycles. The summed E-state index contributed by atoms with van der Waals surface area (Å²) in [6.45, 7) is 10.3. The van der Waals surface area contributed by atoms with Crippen LogP contribution in [0.1, 0.15) is 34.1 Å². The molecule has 0 aliphatic carbocycles. The number of nitrogens with one attached hydrogen (secondary N) is 1. The van der Waals surface area contributed by atoms with Gasteiger partial charge in [-0.05, 0) is 34.1 Å². The smallest absolute Gasteiger partial charge is 0.410 e. The molecule has 0 aromatic carbocycles. The maximum Gasteiger partial charge on any atom is 0.410 e. The van der Waals surface area contributed by atoms with Crippen LogP contribution in [0.25, 0.3) is 0 Å². The number of likely N-dealkylation sites (tertiary alicyclic amines) is 1. The van der Waals surface area contributed by atoms with Gasteiger partial charge in [-0.3, -0.25) is 4.79 Å². The van der Waals surface area contributed by atoms with Gasteiger partial charge in [0.1, 0.15) is 5.60 Å². The molecule has 21 heavy (non-hydrogen) atoms. The number of carbonyl (C=O) groups excluding carboxylic acids is 2. The quantitative estimate of drug-likeness (QED) is 0.780. The van der Waals surface area contributed by atoms with Gasteiger partial charge < -0.3 is 19.7 Å². The van der Waals surface area contributed by atoms with Crippen LogP contribution < -0.4 is 5.32 Å². The minimum absolute atomic E-state index is 0.159. The fourth-order valence-electron chi connectivity index (χ4n) is 3.19. The highest BCUT2D eigenvalue weighted by molar-refractivity contribution is 5.75. The number of ether oxygens (including phenoxy) is 2. The Labute approximate surface area is 126 Å². The van der Waals surface area contributed by atoms with Crippen LogP contribution in [-0.2, 0) is 14.3 Å². The molecule has 2 atom stereocenters. The van der Waals surface area contributed by atoms with E-state index in [-0.39, 0.29) is 23.4 Å². The van der Waals surface area contributed by atoms with Gasteiger partial charge in [0, 0.05) is 31.6 Å². The van der Waals surface area contributed by atoms with Gasteiger partial charge in [0.25, 0.3) is 0 Å². The van der Waals surface area contributed by atoms with Crippen molar-refractivity contribution in [3.8, 4) is 0 Å². The van der Waals surface area contributed by atoms with Gasteiger partial charge in [-0.25, -0.2) is 4.79 Å². The van der Waals surface area contributed by atoms with E-state index < -0.39 is 5.60 Å². The molecule has 6 heteroatoms. The van der Waals surface area contributed by atoms with Crippen LogP contribution in [0.2, 0.25) is 0 Å². The fourth-order valence-corrected chi connectivity index (χ4v) is 3.19. The SMILES string of the molecule is CCOC(=O)[C@@H]1CNC[C@]12CCN(C(=O)OC(C)(C)C)C2. The summed E-state index contributed by atoms with van der Waals surface area (Å²) in [4.78, 5) is 26.0. The topological polar surface area (TPSA) is 67.9 Å². The van der Waals surface area contributed by atoms with Gasteiger partial charge >= 0.3 is 12.1 Å². The molecule has 0 bridgehead atoms. The lowest BCUT2D eigenvalue weighted by atomic mass is 9.77. The van der Waals surface area contributed by atoms with Gasteiger partial charge in [-0.2, -0.15) is 0 Å². The first-order valence-corrected chi connectivity index (χ1v) is 7.63. The summed E-state index contributed by atoms with van der Waals surface area (Å²) in [5, 5.41) is 3.27. The van der Waals surface area contributed by atoms with Crippen molar-refractivity contribution in [2.75, 3.05) is 32.8 Å². The maximum absolute atomic E-state index is 12.2. The summed E-state index contributed by atoms with van der Waals surface area (Å²) in [6, 6.07) is 0. The summed E-state index contributed by atoms with van der Waals surface area (Å²) in [7, 11) is 0. The predicted molar refractivity (Wildman–Crippen MR) is 77.8 cm³/mol. The van der Waals surface area contributed by atoms with Crippen molar-refractivity contribution in [1.29, 1.82) is 0 Å². The Morgan fingerprint density at radius 2 is 2.10 bits per heavy atom. The van der Waals surface area contributed by atoms with Crippen LogP contribution in [0.15, 0.2) is 0 Å². The zero-order valence-corrected chi connectivity index (χ0v) is 13.4. The van der Waals surface area contributed by atoms with Gasteiger partial charge in [0.2, 0.25) is 0 Å². The van der Waals surface area contributed by atoms with E-state index in [2.05, 4.69) is 5.32 Å². The summed E-state index contributed by atoms with van der Waals surface area (Å²) in [5.41, 5.74) is -0.704. The molecule has 2 saturated heterocycles. The highest BCUT2D eigenvalue weighted by atomic mass is 16.6. The van der Waals surface area contributed by atoms with Gasteiger partial charge in [-0.1, -0.05) is 0 Å². The minimum Gasteiger partial charge on any atom is -0.466 e. The van der Waals surface area contributed by atoms with E-state index in [1.54, 1.807) is 4.90 Å². The third kappa shape index (κ3) is 3.48. The molecular formula is C15H26N2O4. The Kier molecular flexibility index (Phi) is 4.46. The number of esters is 1. The number of rotatable bonds is 2. The Morgan fingerprint density at radius 3 is 2.71 bits per heavy atom. The molecule has 0 aromatic rings. The standard InChI is InChI=1S/C15H26N2O4/c1-5-20-12(18)11-8-16-9-15(11)6-7-17(10-15)13(19)21-14(2,3)4/h11,16H,5-10H2,1-4H3/t11-,15-/m0/s1. The lowest BCUT2D eigenvalue weighted by Gasteiger charge is -2.29. The zero-order valence-electron chi connectivity index (χ0n) is 13.4. The molecule has 0 radical (unpaired) electrons. The molecule has 0 aromatic heterocycles. The van der Waals surface area contributed by atoms with E-state index in [9.17, 15) is 9.59 Å². The Bertz CT molecular complexity index is 418. The van der Waals surface area contributed by atoms with Crippen LogP contribution in [0.4, 0.5) is 4.79 Å². The van der Waals surface area contributed by atoms with Crippen LogP contribution in [0.3, 0.4) is 0 Å². The average molecular weight is 298 g/mol. The summed E-state index contributed by atoms with van der Waals surface area (Å²) < 4.78 is 10.6. The first-order valence-electron chi connectivity index (χ1n) is 7.63. The van der Waals surface area contributed by atoms with E-state index >= 15 is 0 Å². The molecule has 2 rings (SSSR count). The van der Waals surface area contributed by atoms with Crippen molar-refractivity contribution in [3.05, 3.63) is 0 Å². The normalized spacial score (nSPS) is 29.0. The summed E-state index contributed by atoms with van der Waals surface area (Å²) in [6.07, 6.45) is 0.511. The number of amides is 1. The molecule has 2 aliphatic heterocycles. The molecule has 6 nitrogen and oxygen atoms in total. The largest absolute Gasteiger partial charge is 0.466 e. The molecule has 2 aliphatic rings. The van der Waals surface area contributed by atoms with E-state index in [0.29, 0.717) is 26.2 Å². The third-order valence-corrected chi connectivity index (χ3v) is 4.17. The highest BCUT2D eigenvalue weighted by Gasteiger charge is 2.52. The number of nitrogens with zero attached hydrogens (tertiary/aromatic N) is 1. The molecule has 1 amide bonds. The second-order valence-corrected chi connectivity index (χ2v) is 6.95. The lowest BCUT2D eigenvalue weighted by molar-refractivity contribution is -0.150. The van der Waals surface area contributed by atoms with E-state index in [1.165, 1.54) is 0 Å². The van der Waals surface area contributed by atoms with Crippen molar-refractivity contribution >= 4 is 12.1 Å². The van der Waals surface area contributed by atoms with Crippen LogP contribution in [0.5, 0.6) is 0 Å². The second kappa shape index (κ2) is 5.83. The van der Waals surface area contributed by atoms with Crippen molar-refractivity contribution in [3.63, 3.8) is 0 Å². The van der Waals surface area contributed by atoms with Crippen molar-refractivity contribution in [1.82, 2.24) is 10.2 Å². The third-order valence-electron chi connectivity index (χ3n) is 4.17. The van der Waals surface area contributed by atoms with Crippen molar-refractivity contribution in [2.45, 2.75) is 39.7 Å². The molecule has 0 unspecified atom stereocenters.